The number of rotatable bonds is 3. The maximum absolute atomic E-state index is 12.0. The van der Waals surface area contributed by atoms with E-state index in [4.69, 9.17) is 9.47 Å². The smallest absolute Gasteiger partial charge is 0.339 e. The molecule has 0 fully saturated rings. The Labute approximate surface area is 123 Å². The predicted molar refractivity (Wildman–Crippen MR) is 79.2 cm³/mol. The van der Waals surface area contributed by atoms with Crippen LogP contribution in [-0.4, -0.2) is 18.7 Å². The fourth-order valence-electron chi connectivity index (χ4n) is 1.81. The zero-order valence-corrected chi connectivity index (χ0v) is 13.9. The number of methoxy groups -OCH3 is 1. The molecule has 0 bridgehead atoms. The van der Waals surface area contributed by atoms with Crippen LogP contribution in [0.15, 0.2) is 16.6 Å². The van der Waals surface area contributed by atoms with E-state index in [1.165, 1.54) is 7.11 Å². The summed E-state index contributed by atoms with van der Waals surface area (Å²) in [6.45, 7) is 9.70. The molecule has 4 heteroatoms. The van der Waals surface area contributed by atoms with Gasteiger partial charge in [0.25, 0.3) is 0 Å². The molecule has 0 aliphatic heterocycles. The van der Waals surface area contributed by atoms with Crippen molar-refractivity contribution in [3.05, 3.63) is 33.3 Å². The quantitative estimate of drug-likeness (QED) is 0.784. The molecule has 0 unspecified atom stereocenters. The van der Waals surface area contributed by atoms with Gasteiger partial charge in [0.05, 0.1) is 12.7 Å². The Morgan fingerprint density at radius 1 is 1.21 bits per heavy atom. The molecule has 1 rings (SSSR count). The summed E-state index contributed by atoms with van der Waals surface area (Å²) in [4.78, 5) is 12.0. The highest BCUT2D eigenvalue weighted by Gasteiger charge is 2.31. The number of carbonyl (C=O) groups excluding carboxylic acids is 1. The molecule has 0 amide bonds. The molecule has 0 heterocycles. The van der Waals surface area contributed by atoms with E-state index in [0.29, 0.717) is 0 Å². The summed E-state index contributed by atoms with van der Waals surface area (Å²) < 4.78 is 11.7. The summed E-state index contributed by atoms with van der Waals surface area (Å²) in [5.41, 5.74) is 2.46. The molecule has 1 aromatic carbocycles. The molecule has 0 saturated heterocycles. The van der Waals surface area contributed by atoms with Gasteiger partial charge in [-0.15, -0.1) is 0 Å². The van der Waals surface area contributed by atoms with Crippen LogP contribution in [0.5, 0.6) is 0 Å². The Kier molecular flexibility index (Phi) is 5.16. The fraction of sp³-hybridized carbons (Fsp3) is 0.533. The first-order valence-corrected chi connectivity index (χ1v) is 6.98. The van der Waals surface area contributed by atoms with Gasteiger partial charge in [0.1, 0.15) is 0 Å². The standard InChI is InChI=1S/C15H21BrO3/c1-9-7-8-10(2)12(16)11(9)13(14(17)18-6)19-15(3,4)5/h7-8,13H,1-6H3/t13-/m0/s1. The molecular formula is C15H21BrO3. The van der Waals surface area contributed by atoms with Gasteiger partial charge >= 0.3 is 5.97 Å². The normalized spacial score (nSPS) is 13.2. The second kappa shape index (κ2) is 6.06. The van der Waals surface area contributed by atoms with Crippen molar-refractivity contribution in [2.24, 2.45) is 0 Å². The molecule has 106 valence electrons. The molecule has 0 saturated carbocycles. The summed E-state index contributed by atoms with van der Waals surface area (Å²) in [5, 5.41) is 0. The van der Waals surface area contributed by atoms with Crippen LogP contribution in [0.4, 0.5) is 0 Å². The van der Waals surface area contributed by atoms with E-state index in [-0.39, 0.29) is 5.97 Å². The third-order valence-corrected chi connectivity index (χ3v) is 3.79. The van der Waals surface area contributed by atoms with E-state index in [0.717, 1.165) is 21.2 Å². The zero-order chi connectivity index (χ0) is 14.8. The Bertz CT molecular complexity index is 475. The minimum Gasteiger partial charge on any atom is -0.467 e. The van der Waals surface area contributed by atoms with Crippen molar-refractivity contribution in [3.8, 4) is 0 Å². The molecule has 1 aromatic rings. The van der Waals surface area contributed by atoms with Gasteiger partial charge < -0.3 is 9.47 Å². The molecule has 0 aliphatic rings. The topological polar surface area (TPSA) is 35.5 Å². The first kappa shape index (κ1) is 16.2. The Balaban J connectivity index is 3.33. The lowest BCUT2D eigenvalue weighted by molar-refractivity contribution is -0.164. The number of benzene rings is 1. The van der Waals surface area contributed by atoms with Crippen molar-refractivity contribution in [1.29, 1.82) is 0 Å². The van der Waals surface area contributed by atoms with E-state index in [1.54, 1.807) is 0 Å². The van der Waals surface area contributed by atoms with Gasteiger partial charge in [-0.2, -0.15) is 0 Å². The van der Waals surface area contributed by atoms with Gasteiger partial charge in [-0.25, -0.2) is 4.79 Å². The SMILES string of the molecule is COC(=O)[C@@H](OC(C)(C)C)c1c(C)ccc(C)c1Br. The van der Waals surface area contributed by atoms with Crippen LogP contribution in [0.1, 0.15) is 43.6 Å². The van der Waals surface area contributed by atoms with Crippen LogP contribution >= 0.6 is 15.9 Å². The monoisotopic (exact) mass is 328 g/mol. The van der Waals surface area contributed by atoms with E-state index in [9.17, 15) is 4.79 Å². The molecule has 0 radical (unpaired) electrons. The van der Waals surface area contributed by atoms with Crippen molar-refractivity contribution >= 4 is 21.9 Å². The van der Waals surface area contributed by atoms with Gasteiger partial charge in [-0.1, -0.05) is 28.1 Å². The van der Waals surface area contributed by atoms with Crippen LogP contribution in [0.25, 0.3) is 0 Å². The van der Waals surface area contributed by atoms with Crippen LogP contribution in [0, 0.1) is 13.8 Å². The lowest BCUT2D eigenvalue weighted by Crippen LogP contribution is -2.29. The Morgan fingerprint density at radius 3 is 2.21 bits per heavy atom. The predicted octanol–water partition coefficient (Wildman–Crippen LogP) is 4.10. The van der Waals surface area contributed by atoms with Gasteiger partial charge in [0, 0.05) is 10.0 Å². The van der Waals surface area contributed by atoms with Crippen molar-refractivity contribution in [2.75, 3.05) is 7.11 Å². The van der Waals surface area contributed by atoms with Gasteiger partial charge in [-0.05, 0) is 45.7 Å². The van der Waals surface area contributed by atoms with Crippen molar-refractivity contribution < 1.29 is 14.3 Å². The average molecular weight is 329 g/mol. The molecule has 19 heavy (non-hydrogen) atoms. The van der Waals surface area contributed by atoms with Crippen molar-refractivity contribution in [1.82, 2.24) is 0 Å². The highest BCUT2D eigenvalue weighted by Crippen LogP contribution is 2.34. The van der Waals surface area contributed by atoms with E-state index < -0.39 is 11.7 Å². The summed E-state index contributed by atoms with van der Waals surface area (Å²) in [5.74, 6) is -0.385. The first-order chi connectivity index (χ1) is 8.67. The van der Waals surface area contributed by atoms with Crippen molar-refractivity contribution in [2.45, 2.75) is 46.3 Å². The second-order valence-corrected chi connectivity index (χ2v) is 6.35. The Morgan fingerprint density at radius 2 is 1.74 bits per heavy atom. The molecule has 0 aromatic heterocycles. The number of hydrogen-bond donors (Lipinski definition) is 0. The average Bonchev–Trinajstić information content (AvgIpc) is 2.30. The summed E-state index contributed by atoms with van der Waals surface area (Å²) in [7, 11) is 1.38. The second-order valence-electron chi connectivity index (χ2n) is 5.56. The molecule has 1 atom stereocenters. The summed E-state index contributed by atoms with van der Waals surface area (Å²) in [6, 6.07) is 3.99. The van der Waals surface area contributed by atoms with Gasteiger partial charge in [-0.3, -0.25) is 0 Å². The fourth-order valence-corrected chi connectivity index (χ4v) is 2.46. The maximum atomic E-state index is 12.0. The number of halogens is 1. The number of carbonyl (C=O) groups is 1. The van der Waals surface area contributed by atoms with Crippen molar-refractivity contribution in [3.63, 3.8) is 0 Å². The molecule has 0 N–H and O–H groups in total. The maximum Gasteiger partial charge on any atom is 0.339 e. The van der Waals surface area contributed by atoms with Crippen LogP contribution in [0.3, 0.4) is 0 Å². The lowest BCUT2D eigenvalue weighted by atomic mass is 10.00. The minimum atomic E-state index is -0.723. The lowest BCUT2D eigenvalue weighted by Gasteiger charge is -2.28. The van der Waals surface area contributed by atoms with E-state index in [1.807, 2.05) is 46.8 Å². The largest absolute Gasteiger partial charge is 0.467 e. The minimum absolute atomic E-state index is 0.385. The molecule has 0 spiro atoms. The highest BCUT2D eigenvalue weighted by atomic mass is 79.9. The molecule has 0 aliphatic carbocycles. The summed E-state index contributed by atoms with van der Waals surface area (Å²) >= 11 is 3.55. The number of hydrogen-bond acceptors (Lipinski definition) is 3. The molecular weight excluding hydrogens is 308 g/mol. The van der Waals surface area contributed by atoms with E-state index >= 15 is 0 Å². The van der Waals surface area contributed by atoms with Gasteiger partial charge in [0.2, 0.25) is 0 Å². The molecule has 3 nitrogen and oxygen atoms in total. The van der Waals surface area contributed by atoms with E-state index in [2.05, 4.69) is 15.9 Å². The Hall–Kier alpha value is -0.870. The third kappa shape index (κ3) is 4.05. The highest BCUT2D eigenvalue weighted by molar-refractivity contribution is 9.10. The van der Waals surface area contributed by atoms with Crippen LogP contribution < -0.4 is 0 Å². The third-order valence-electron chi connectivity index (χ3n) is 2.74. The summed E-state index contributed by atoms with van der Waals surface area (Å²) in [6.07, 6.45) is -0.723. The van der Waals surface area contributed by atoms with Gasteiger partial charge in [0.15, 0.2) is 6.10 Å². The zero-order valence-electron chi connectivity index (χ0n) is 12.3. The van der Waals surface area contributed by atoms with Crippen LogP contribution in [-0.2, 0) is 14.3 Å². The first-order valence-electron chi connectivity index (χ1n) is 6.18. The number of esters is 1. The number of ether oxygens (including phenoxy) is 2. The van der Waals surface area contributed by atoms with Crippen LogP contribution in [0.2, 0.25) is 0 Å². The number of aryl methyl sites for hydroxylation is 2.